The topological polar surface area (TPSA) is 76.1 Å². The maximum Gasteiger partial charge on any atom is 0.262 e. The van der Waals surface area contributed by atoms with E-state index in [1.807, 2.05) is 20.8 Å². The Labute approximate surface area is 213 Å². The lowest BCUT2D eigenvalue weighted by atomic mass is 9.87. The molecular formula is C26H21Cl2FN2O3S. The largest absolute Gasteiger partial charge is 0.298 e. The first-order chi connectivity index (χ1) is 16.4. The van der Waals surface area contributed by atoms with E-state index in [-0.39, 0.29) is 20.6 Å². The average Bonchev–Trinajstić information content (AvgIpc) is 2.80. The Kier molecular flexibility index (Phi) is 6.62. The van der Waals surface area contributed by atoms with E-state index < -0.39 is 21.3 Å². The third-order valence-electron chi connectivity index (χ3n) is 5.60. The lowest BCUT2D eigenvalue weighted by Gasteiger charge is -2.21. The molecule has 35 heavy (non-hydrogen) atoms. The molecule has 180 valence electrons. The van der Waals surface area contributed by atoms with Crippen LogP contribution < -0.4 is 4.72 Å². The molecule has 4 aromatic rings. The molecule has 0 saturated carbocycles. The summed E-state index contributed by atoms with van der Waals surface area (Å²) in [5.41, 5.74) is 1.70. The predicted octanol–water partition coefficient (Wildman–Crippen LogP) is 7.26. The summed E-state index contributed by atoms with van der Waals surface area (Å²) in [6, 6.07) is 13.5. The number of benzene rings is 3. The highest BCUT2D eigenvalue weighted by Crippen LogP contribution is 2.43. The van der Waals surface area contributed by atoms with Gasteiger partial charge in [-0.1, -0.05) is 62.2 Å². The molecule has 0 aliphatic heterocycles. The highest BCUT2D eigenvalue weighted by Gasteiger charge is 2.24. The number of carbonyl (C=O) groups is 1. The number of rotatable bonds is 5. The van der Waals surface area contributed by atoms with E-state index in [0.29, 0.717) is 39.4 Å². The van der Waals surface area contributed by atoms with Crippen LogP contribution in [0.15, 0.2) is 65.7 Å². The first-order valence-corrected chi connectivity index (χ1v) is 12.8. The van der Waals surface area contributed by atoms with Crippen molar-refractivity contribution in [2.45, 2.75) is 31.1 Å². The van der Waals surface area contributed by atoms with E-state index in [2.05, 4.69) is 9.71 Å². The van der Waals surface area contributed by atoms with Gasteiger partial charge in [-0.3, -0.25) is 14.5 Å². The van der Waals surface area contributed by atoms with Gasteiger partial charge in [0.25, 0.3) is 10.0 Å². The van der Waals surface area contributed by atoms with E-state index in [9.17, 15) is 17.6 Å². The summed E-state index contributed by atoms with van der Waals surface area (Å²) in [4.78, 5) is 15.6. The monoisotopic (exact) mass is 530 g/mol. The minimum absolute atomic E-state index is 0.116. The van der Waals surface area contributed by atoms with Crippen LogP contribution in [0.2, 0.25) is 10.0 Å². The third kappa shape index (κ3) is 4.76. The molecular weight excluding hydrogens is 510 g/mol. The smallest absolute Gasteiger partial charge is 0.262 e. The summed E-state index contributed by atoms with van der Waals surface area (Å²) < 4.78 is 43.8. The Morgan fingerprint density at radius 3 is 2.43 bits per heavy atom. The van der Waals surface area contributed by atoms with Crippen molar-refractivity contribution in [1.29, 1.82) is 0 Å². The Hall–Kier alpha value is -3.00. The van der Waals surface area contributed by atoms with Gasteiger partial charge in [-0.2, -0.15) is 0 Å². The van der Waals surface area contributed by atoms with Crippen molar-refractivity contribution in [3.63, 3.8) is 0 Å². The van der Waals surface area contributed by atoms with E-state index in [1.54, 1.807) is 30.5 Å². The first kappa shape index (κ1) is 25.1. The highest BCUT2D eigenvalue weighted by atomic mass is 35.5. The second kappa shape index (κ2) is 9.22. The molecule has 0 radical (unpaired) electrons. The van der Waals surface area contributed by atoms with Crippen molar-refractivity contribution in [2.24, 2.45) is 0 Å². The fraction of sp³-hybridized carbons (Fsp3) is 0.154. The molecule has 3 aromatic carbocycles. The highest BCUT2D eigenvalue weighted by molar-refractivity contribution is 7.92. The summed E-state index contributed by atoms with van der Waals surface area (Å²) in [7, 11) is -4.19. The van der Waals surface area contributed by atoms with Crippen LogP contribution in [0, 0.1) is 5.82 Å². The zero-order valence-electron chi connectivity index (χ0n) is 19.1. The van der Waals surface area contributed by atoms with Crippen molar-refractivity contribution in [3.05, 3.63) is 87.8 Å². The number of pyridine rings is 1. The van der Waals surface area contributed by atoms with Crippen molar-refractivity contribution in [2.75, 3.05) is 4.72 Å². The number of carbonyl (C=O) groups excluding carboxylic acids is 1. The third-order valence-corrected chi connectivity index (χ3v) is 7.76. The van der Waals surface area contributed by atoms with Gasteiger partial charge in [0, 0.05) is 22.7 Å². The summed E-state index contributed by atoms with van der Waals surface area (Å²) in [5.74, 6) is -0.615. The van der Waals surface area contributed by atoms with Crippen LogP contribution >= 0.6 is 23.2 Å². The minimum Gasteiger partial charge on any atom is -0.298 e. The second-order valence-corrected chi connectivity index (χ2v) is 11.5. The average molecular weight is 531 g/mol. The maximum atomic E-state index is 14.8. The molecule has 0 saturated heterocycles. The van der Waals surface area contributed by atoms with Gasteiger partial charge in [0.1, 0.15) is 5.82 Å². The summed E-state index contributed by atoms with van der Waals surface area (Å²) in [6.45, 7) is 5.53. The maximum absolute atomic E-state index is 14.8. The van der Waals surface area contributed by atoms with Gasteiger partial charge < -0.3 is 0 Å². The minimum atomic E-state index is -4.19. The summed E-state index contributed by atoms with van der Waals surface area (Å²) >= 11 is 12.8. The molecule has 0 bridgehead atoms. The number of fused-ring (bicyclic) bond motifs is 1. The lowest BCUT2D eigenvalue weighted by Crippen LogP contribution is -2.17. The Bertz CT molecular complexity index is 1580. The standard InChI is InChI=1S/C26H21Cl2FN2O3S/c1-26(2,3)19-9-7-16(13-21(19)29)35(33,34)31-22-11-10-20(27)24(28)23(22)17-8-6-15(14-32)25-18(17)5-4-12-30-25/h4-14,31H,1-3H3. The van der Waals surface area contributed by atoms with Gasteiger partial charge in [0.05, 0.1) is 26.1 Å². The molecule has 0 fully saturated rings. The molecule has 1 N–H and O–H groups in total. The van der Waals surface area contributed by atoms with Gasteiger partial charge in [-0.15, -0.1) is 0 Å². The van der Waals surface area contributed by atoms with Gasteiger partial charge in [-0.05, 0) is 52.9 Å². The van der Waals surface area contributed by atoms with Gasteiger partial charge in [0.15, 0.2) is 6.29 Å². The van der Waals surface area contributed by atoms with Crippen LogP contribution in [-0.2, 0) is 15.4 Å². The SMILES string of the molecule is CC(C)(C)c1ccc(S(=O)(=O)Nc2ccc(Cl)c(Cl)c2-c2ccc(C=O)c3ncccc23)cc1F. The van der Waals surface area contributed by atoms with Crippen molar-refractivity contribution in [1.82, 2.24) is 4.98 Å². The molecule has 9 heteroatoms. The molecule has 5 nitrogen and oxygen atoms in total. The van der Waals surface area contributed by atoms with Crippen molar-refractivity contribution >= 4 is 56.1 Å². The van der Waals surface area contributed by atoms with Crippen LogP contribution in [0.25, 0.3) is 22.0 Å². The number of nitrogens with one attached hydrogen (secondary N) is 1. The summed E-state index contributed by atoms with van der Waals surface area (Å²) in [6.07, 6.45) is 2.25. The van der Waals surface area contributed by atoms with Crippen LogP contribution in [0.4, 0.5) is 10.1 Å². The zero-order valence-corrected chi connectivity index (χ0v) is 21.4. The number of aldehydes is 1. The zero-order chi connectivity index (χ0) is 25.5. The number of halogens is 3. The number of hydrogen-bond acceptors (Lipinski definition) is 4. The van der Waals surface area contributed by atoms with Crippen molar-refractivity contribution < 1.29 is 17.6 Å². The number of anilines is 1. The van der Waals surface area contributed by atoms with Gasteiger partial charge in [-0.25, -0.2) is 12.8 Å². The Balaban J connectivity index is 1.88. The van der Waals surface area contributed by atoms with Gasteiger partial charge >= 0.3 is 0 Å². The molecule has 0 unspecified atom stereocenters. The fourth-order valence-corrected chi connectivity index (χ4v) is 5.39. The molecule has 0 atom stereocenters. The molecule has 0 amide bonds. The fourth-order valence-electron chi connectivity index (χ4n) is 3.88. The predicted molar refractivity (Wildman–Crippen MR) is 138 cm³/mol. The van der Waals surface area contributed by atoms with E-state index in [0.717, 1.165) is 6.07 Å². The number of hydrogen-bond donors (Lipinski definition) is 1. The molecule has 0 aliphatic rings. The molecule has 1 aromatic heterocycles. The Morgan fingerprint density at radius 1 is 1.03 bits per heavy atom. The van der Waals surface area contributed by atoms with E-state index in [1.165, 1.54) is 24.3 Å². The van der Waals surface area contributed by atoms with Crippen LogP contribution in [0.1, 0.15) is 36.7 Å². The molecule has 0 spiro atoms. The van der Waals surface area contributed by atoms with Crippen LogP contribution in [0.3, 0.4) is 0 Å². The number of sulfonamides is 1. The second-order valence-electron chi connectivity index (χ2n) is 9.00. The molecule has 0 aliphatic carbocycles. The van der Waals surface area contributed by atoms with Crippen molar-refractivity contribution in [3.8, 4) is 11.1 Å². The number of aromatic nitrogens is 1. The van der Waals surface area contributed by atoms with Gasteiger partial charge in [0.2, 0.25) is 0 Å². The van der Waals surface area contributed by atoms with E-state index in [4.69, 9.17) is 23.2 Å². The molecule has 1 heterocycles. The van der Waals surface area contributed by atoms with E-state index >= 15 is 0 Å². The van der Waals surface area contributed by atoms with Crippen LogP contribution in [-0.4, -0.2) is 19.7 Å². The summed E-state index contributed by atoms with van der Waals surface area (Å²) in [5, 5.41) is 0.911. The first-order valence-electron chi connectivity index (χ1n) is 10.6. The molecule has 4 rings (SSSR count). The number of nitrogens with zero attached hydrogens (tertiary/aromatic N) is 1. The lowest BCUT2D eigenvalue weighted by molar-refractivity contribution is 0.112. The Morgan fingerprint density at radius 2 is 1.77 bits per heavy atom. The quantitative estimate of drug-likeness (QED) is 0.275. The normalized spacial score (nSPS) is 12.1. The van der Waals surface area contributed by atoms with Crippen LogP contribution in [0.5, 0.6) is 0 Å².